The number of benzene rings is 1. The molecule has 3 fully saturated rings. The molecular formula is C32H34N8O4S. The lowest BCUT2D eigenvalue weighted by Gasteiger charge is -2.62. The largest absolute Gasteiger partial charge is 0.476 e. The van der Waals surface area contributed by atoms with Gasteiger partial charge in [0.15, 0.2) is 10.8 Å². The summed E-state index contributed by atoms with van der Waals surface area (Å²) in [6.45, 7) is 9.26. The van der Waals surface area contributed by atoms with Crippen LogP contribution in [0.3, 0.4) is 0 Å². The number of carbonyl (C=O) groups excluding carboxylic acids is 2. The molecule has 4 aromatic heterocycles. The third kappa shape index (κ3) is 5.29. The average Bonchev–Trinajstić information content (AvgIpc) is 3.44. The molecule has 1 aliphatic carbocycles. The number of amides is 3. The highest BCUT2D eigenvalue weighted by Crippen LogP contribution is 2.39. The highest BCUT2D eigenvalue weighted by Gasteiger charge is 2.54. The number of piperazine rings is 1. The third-order valence-electron chi connectivity index (χ3n) is 8.82. The van der Waals surface area contributed by atoms with Gasteiger partial charge in [0.2, 0.25) is 11.8 Å². The van der Waals surface area contributed by atoms with Gasteiger partial charge in [-0.15, -0.1) is 0 Å². The van der Waals surface area contributed by atoms with E-state index in [1.54, 1.807) is 6.07 Å². The van der Waals surface area contributed by atoms with E-state index in [2.05, 4.69) is 25.6 Å². The maximum absolute atomic E-state index is 12.5. The molecule has 1 aromatic carbocycles. The molecule has 0 spiro atoms. The predicted octanol–water partition coefficient (Wildman–Crippen LogP) is 5.22. The number of nitrogens with one attached hydrogen (secondary N) is 2. The Bertz CT molecular complexity index is 1920. The van der Waals surface area contributed by atoms with Crippen LogP contribution in [-0.4, -0.2) is 79.6 Å². The fourth-order valence-electron chi connectivity index (χ4n) is 5.97. The lowest BCUT2D eigenvalue weighted by Crippen LogP contribution is -2.80. The van der Waals surface area contributed by atoms with Crippen molar-refractivity contribution < 1.29 is 18.8 Å². The van der Waals surface area contributed by atoms with Gasteiger partial charge in [-0.2, -0.15) is 0 Å². The van der Waals surface area contributed by atoms with Crippen molar-refractivity contribution in [3.05, 3.63) is 54.4 Å². The quantitative estimate of drug-likeness (QED) is 0.240. The summed E-state index contributed by atoms with van der Waals surface area (Å²) in [5, 5.41) is 9.45. The minimum absolute atomic E-state index is 0.197. The summed E-state index contributed by atoms with van der Waals surface area (Å²) in [6.07, 6.45) is 4.14. The first kappa shape index (κ1) is 28.0. The van der Waals surface area contributed by atoms with Crippen LogP contribution < -0.4 is 15.4 Å². The molecule has 1 unspecified atom stereocenters. The minimum atomic E-state index is -0.401. The molecule has 2 N–H and O–H groups in total. The number of hydrogen-bond acceptors (Lipinski definition) is 9. The lowest BCUT2D eigenvalue weighted by atomic mass is 9.85. The number of anilines is 2. The van der Waals surface area contributed by atoms with Crippen LogP contribution >= 0.6 is 11.3 Å². The van der Waals surface area contributed by atoms with Crippen molar-refractivity contribution >= 4 is 50.1 Å². The van der Waals surface area contributed by atoms with Crippen molar-refractivity contribution in [3.8, 4) is 17.1 Å². The van der Waals surface area contributed by atoms with Crippen molar-refractivity contribution in [3.63, 3.8) is 0 Å². The Kier molecular flexibility index (Phi) is 6.57. The van der Waals surface area contributed by atoms with E-state index in [0.717, 1.165) is 59.0 Å². The van der Waals surface area contributed by atoms with Crippen LogP contribution in [0.15, 0.2) is 53.2 Å². The van der Waals surface area contributed by atoms with E-state index >= 15 is 0 Å². The molecule has 12 nitrogen and oxygen atoms in total. The standard InChI is InChI=1S/C32H34N8O4S/c1-32(2,3)25-14-26(37-44-25)35-30(42)33-20-8-6-18(7-9-20)21-15-40-22-10-11-27(36-28(22)45-31(40)34-21)43-13-12-38-16-24-23(38)17-39(24)29(41)19-4-5-19/h6-11,14-15,19,23-24H,4-5,12-13,16-17H2,1-3H3,(H2,33,35,37,42)/t23?,24-/m1/s1. The van der Waals surface area contributed by atoms with Crippen LogP contribution in [-0.2, 0) is 10.2 Å². The number of likely N-dealkylation sites (tertiary alicyclic amines) is 2. The zero-order valence-corrected chi connectivity index (χ0v) is 26.1. The molecule has 45 heavy (non-hydrogen) atoms. The number of thiazole rings is 1. The maximum Gasteiger partial charge on any atom is 0.324 e. The number of imidazole rings is 1. The predicted molar refractivity (Wildman–Crippen MR) is 171 cm³/mol. The van der Waals surface area contributed by atoms with E-state index in [4.69, 9.17) is 19.2 Å². The van der Waals surface area contributed by atoms with E-state index in [-0.39, 0.29) is 5.41 Å². The van der Waals surface area contributed by atoms with Gasteiger partial charge in [0.05, 0.1) is 17.3 Å². The van der Waals surface area contributed by atoms with Gasteiger partial charge in [-0.3, -0.25) is 19.4 Å². The van der Waals surface area contributed by atoms with Gasteiger partial charge in [0.25, 0.3) is 0 Å². The number of carbonyl (C=O) groups is 2. The van der Waals surface area contributed by atoms with Crippen molar-refractivity contribution in [2.24, 2.45) is 5.92 Å². The highest BCUT2D eigenvalue weighted by atomic mass is 32.1. The van der Waals surface area contributed by atoms with Gasteiger partial charge in [-0.25, -0.2) is 14.8 Å². The van der Waals surface area contributed by atoms with Gasteiger partial charge in [0.1, 0.15) is 17.2 Å². The van der Waals surface area contributed by atoms with Gasteiger partial charge in [-0.1, -0.05) is 49.4 Å². The SMILES string of the molecule is CC(C)(C)c1cc(NC(=O)Nc2ccc(-c3cn4c(n3)sc3nc(OCCN5C[C@@H]6C5CN6C(=O)C5CC5)ccc34)cc2)no1. The molecule has 6 heterocycles. The topological polar surface area (TPSA) is 130 Å². The fourth-order valence-corrected chi connectivity index (χ4v) is 6.94. The number of hydrogen-bond donors (Lipinski definition) is 2. The lowest BCUT2D eigenvalue weighted by molar-refractivity contribution is -0.167. The molecule has 3 aliphatic rings. The normalized spacial score (nSPS) is 19.7. The molecule has 0 radical (unpaired) electrons. The van der Waals surface area contributed by atoms with Crippen molar-refractivity contribution in [1.82, 2.24) is 29.3 Å². The van der Waals surface area contributed by atoms with Crippen LogP contribution in [0.5, 0.6) is 5.88 Å². The number of pyridine rings is 1. The number of aromatic nitrogens is 4. The molecule has 3 amide bonds. The number of ether oxygens (including phenoxy) is 1. The molecule has 232 valence electrons. The Hall–Kier alpha value is -4.49. The van der Waals surface area contributed by atoms with E-state index < -0.39 is 6.03 Å². The molecule has 0 bridgehead atoms. The van der Waals surface area contributed by atoms with Crippen LogP contribution in [0.2, 0.25) is 0 Å². The maximum atomic E-state index is 12.5. The smallest absolute Gasteiger partial charge is 0.324 e. The van der Waals surface area contributed by atoms with E-state index in [1.807, 2.05) is 67.8 Å². The van der Waals surface area contributed by atoms with E-state index in [1.165, 1.54) is 11.3 Å². The van der Waals surface area contributed by atoms with Crippen molar-refractivity contribution in [2.75, 3.05) is 36.9 Å². The number of nitrogens with zero attached hydrogens (tertiary/aromatic N) is 6. The number of rotatable bonds is 8. The zero-order valence-electron chi connectivity index (χ0n) is 25.3. The Morgan fingerprint density at radius 3 is 2.58 bits per heavy atom. The first-order valence-corrected chi connectivity index (χ1v) is 16.1. The summed E-state index contributed by atoms with van der Waals surface area (Å²) >= 11 is 1.52. The van der Waals surface area contributed by atoms with E-state index in [9.17, 15) is 9.59 Å². The van der Waals surface area contributed by atoms with Crippen LogP contribution in [0.25, 0.3) is 26.6 Å². The van der Waals surface area contributed by atoms with Gasteiger partial charge in [-0.05, 0) is 31.0 Å². The average molecular weight is 627 g/mol. The second-order valence-corrected chi connectivity index (χ2v) is 14.0. The van der Waals surface area contributed by atoms with E-state index in [0.29, 0.717) is 53.7 Å². The Morgan fingerprint density at radius 2 is 1.87 bits per heavy atom. The van der Waals surface area contributed by atoms with Crippen LogP contribution in [0.4, 0.5) is 16.3 Å². The first-order valence-electron chi connectivity index (χ1n) is 15.3. The van der Waals surface area contributed by atoms with Crippen molar-refractivity contribution in [1.29, 1.82) is 0 Å². The first-order chi connectivity index (χ1) is 21.7. The molecule has 2 aliphatic heterocycles. The monoisotopic (exact) mass is 626 g/mol. The highest BCUT2D eigenvalue weighted by molar-refractivity contribution is 7.23. The molecule has 13 heteroatoms. The fraction of sp³-hybridized carbons (Fsp3) is 0.406. The number of fused-ring (bicyclic) bond motifs is 4. The molecule has 5 aromatic rings. The zero-order chi connectivity index (χ0) is 30.9. The second-order valence-electron chi connectivity index (χ2n) is 13.1. The molecule has 8 rings (SSSR count). The third-order valence-corrected chi connectivity index (χ3v) is 9.79. The Labute approximate surface area is 263 Å². The summed E-state index contributed by atoms with van der Waals surface area (Å²) in [4.78, 5) is 40.5. The molecule has 1 saturated carbocycles. The van der Waals surface area contributed by atoms with Crippen molar-refractivity contribution in [2.45, 2.75) is 51.1 Å². The summed E-state index contributed by atoms with van der Waals surface area (Å²) in [7, 11) is 0. The van der Waals surface area contributed by atoms with Crippen LogP contribution in [0, 0.1) is 5.92 Å². The second kappa shape index (κ2) is 10.6. The Morgan fingerprint density at radius 1 is 1.04 bits per heavy atom. The minimum Gasteiger partial charge on any atom is -0.476 e. The van der Waals surface area contributed by atoms with Gasteiger partial charge >= 0.3 is 6.03 Å². The Balaban J connectivity index is 0.854. The molecular weight excluding hydrogens is 592 g/mol. The molecule has 2 atom stereocenters. The van der Waals surface area contributed by atoms with Gasteiger partial charge < -0.3 is 19.5 Å². The number of urea groups is 1. The summed E-state index contributed by atoms with van der Waals surface area (Å²) in [5.74, 6) is 2.33. The van der Waals surface area contributed by atoms with Gasteiger partial charge in [0, 0.05) is 66.6 Å². The summed E-state index contributed by atoms with van der Waals surface area (Å²) in [5.41, 5.74) is 3.19. The molecule has 2 saturated heterocycles. The summed E-state index contributed by atoms with van der Waals surface area (Å²) < 4.78 is 13.4. The summed E-state index contributed by atoms with van der Waals surface area (Å²) in [6, 6.07) is 13.7. The van der Waals surface area contributed by atoms with Crippen LogP contribution in [0.1, 0.15) is 39.4 Å².